The number of rotatable bonds is 4. The lowest BCUT2D eigenvalue weighted by Gasteiger charge is -2.28. The minimum absolute atomic E-state index is 0.0615. The average Bonchev–Trinajstić information content (AvgIpc) is 3.32. The molecule has 0 spiro atoms. The van der Waals surface area contributed by atoms with Crippen molar-refractivity contribution < 1.29 is 27.5 Å². The minimum Gasteiger partial charge on any atom is -0.476 e. The number of thiazole rings is 1. The summed E-state index contributed by atoms with van der Waals surface area (Å²) in [6.45, 7) is 1.64. The second kappa shape index (κ2) is 8.07. The molecular formula is C21H19F4N3O2S. The molecule has 1 N–H and O–H groups in total. The van der Waals surface area contributed by atoms with Crippen LogP contribution in [-0.2, 0) is 0 Å². The summed E-state index contributed by atoms with van der Waals surface area (Å²) in [6, 6.07) is 5.61. The van der Waals surface area contributed by atoms with Crippen LogP contribution in [0.3, 0.4) is 0 Å². The van der Waals surface area contributed by atoms with Gasteiger partial charge in [0.2, 0.25) is 5.13 Å². The van der Waals surface area contributed by atoms with Gasteiger partial charge in [-0.2, -0.15) is 23.0 Å². The fraction of sp³-hybridized carbons (Fsp3) is 0.381. The molecule has 0 radical (unpaired) electrons. The average molecular weight is 453 g/mol. The molecule has 4 rings (SSSR count). The normalized spacial score (nSPS) is 19.5. The van der Waals surface area contributed by atoms with Gasteiger partial charge in [-0.05, 0) is 50.3 Å². The molecule has 0 atom stereocenters. The van der Waals surface area contributed by atoms with E-state index < -0.39 is 23.9 Å². The Kier molecular flexibility index (Phi) is 5.59. The standard InChI is InChI=1S/C21H19F4N3O2S/c1-11-17(13-3-2-4-15(22)9-13)18(19(29)30)28(27-11)20-26-16(10-31-20)12-5-7-14(8-6-12)21(23,24)25/h2-4,9-10,12,14H,5-8H2,1H3,(H,29,30). The maximum atomic E-state index is 13.7. The van der Waals surface area contributed by atoms with E-state index in [2.05, 4.69) is 10.1 Å². The van der Waals surface area contributed by atoms with Gasteiger partial charge in [0.25, 0.3) is 0 Å². The summed E-state index contributed by atoms with van der Waals surface area (Å²) in [7, 11) is 0. The third-order valence-electron chi connectivity index (χ3n) is 5.68. The third kappa shape index (κ3) is 4.21. The number of aromatic nitrogens is 3. The van der Waals surface area contributed by atoms with Gasteiger partial charge in [-0.1, -0.05) is 12.1 Å². The third-order valence-corrected chi connectivity index (χ3v) is 6.51. The van der Waals surface area contributed by atoms with Gasteiger partial charge in [0.05, 0.1) is 17.3 Å². The maximum absolute atomic E-state index is 13.7. The maximum Gasteiger partial charge on any atom is 0.391 e. The highest BCUT2D eigenvalue weighted by molar-refractivity contribution is 7.12. The summed E-state index contributed by atoms with van der Waals surface area (Å²) in [5, 5.41) is 16.2. The predicted molar refractivity (Wildman–Crippen MR) is 107 cm³/mol. The first kappa shape index (κ1) is 21.5. The molecule has 0 amide bonds. The van der Waals surface area contributed by atoms with Crippen molar-refractivity contribution >= 4 is 17.3 Å². The van der Waals surface area contributed by atoms with E-state index in [1.165, 1.54) is 34.2 Å². The second-order valence-electron chi connectivity index (χ2n) is 7.68. The lowest BCUT2D eigenvalue weighted by atomic mass is 9.80. The van der Waals surface area contributed by atoms with Crippen LogP contribution in [0, 0.1) is 18.7 Å². The molecule has 0 bridgehead atoms. The molecule has 164 valence electrons. The SMILES string of the molecule is Cc1nn(-c2nc(C3CCC(C(F)(F)F)CC3)cs2)c(C(=O)O)c1-c1cccc(F)c1. The highest BCUT2D eigenvalue weighted by Gasteiger charge is 2.42. The van der Waals surface area contributed by atoms with Crippen molar-refractivity contribution in [1.82, 2.24) is 14.8 Å². The largest absolute Gasteiger partial charge is 0.476 e. The fourth-order valence-corrected chi connectivity index (χ4v) is 4.99. The van der Waals surface area contributed by atoms with Crippen LogP contribution in [0.5, 0.6) is 0 Å². The van der Waals surface area contributed by atoms with Crippen molar-refractivity contribution in [3.63, 3.8) is 0 Å². The van der Waals surface area contributed by atoms with Crippen LogP contribution in [-0.4, -0.2) is 32.0 Å². The number of carbonyl (C=O) groups is 1. The Balaban J connectivity index is 1.65. The molecule has 1 saturated carbocycles. The summed E-state index contributed by atoms with van der Waals surface area (Å²) < 4.78 is 53.7. The van der Waals surface area contributed by atoms with Crippen molar-refractivity contribution in [2.24, 2.45) is 5.92 Å². The monoisotopic (exact) mass is 453 g/mol. The van der Waals surface area contributed by atoms with E-state index in [0.29, 0.717) is 40.5 Å². The lowest BCUT2D eigenvalue weighted by molar-refractivity contribution is -0.182. The topological polar surface area (TPSA) is 68.0 Å². The van der Waals surface area contributed by atoms with Gasteiger partial charge in [0.15, 0.2) is 5.69 Å². The molecule has 10 heteroatoms. The van der Waals surface area contributed by atoms with Gasteiger partial charge < -0.3 is 5.11 Å². The molecule has 2 aromatic heterocycles. The van der Waals surface area contributed by atoms with E-state index >= 15 is 0 Å². The molecule has 31 heavy (non-hydrogen) atoms. The number of nitrogens with zero attached hydrogens (tertiary/aromatic N) is 3. The molecular weight excluding hydrogens is 434 g/mol. The first-order valence-corrected chi connectivity index (χ1v) is 10.6. The van der Waals surface area contributed by atoms with Gasteiger partial charge in [-0.15, -0.1) is 11.3 Å². The van der Waals surface area contributed by atoms with E-state index in [4.69, 9.17) is 0 Å². The number of alkyl halides is 3. The van der Waals surface area contributed by atoms with Gasteiger partial charge in [0, 0.05) is 16.9 Å². The summed E-state index contributed by atoms with van der Waals surface area (Å²) in [6.07, 6.45) is -3.29. The quantitative estimate of drug-likeness (QED) is 0.494. The van der Waals surface area contributed by atoms with Crippen LogP contribution >= 0.6 is 11.3 Å². The Labute approximate surface area is 179 Å². The molecule has 0 aliphatic heterocycles. The Morgan fingerprint density at radius 2 is 1.94 bits per heavy atom. The van der Waals surface area contributed by atoms with E-state index in [1.54, 1.807) is 18.4 Å². The summed E-state index contributed by atoms with van der Waals surface area (Å²) >= 11 is 1.18. The predicted octanol–water partition coefficient (Wildman–Crippen LogP) is 5.98. The van der Waals surface area contributed by atoms with Gasteiger partial charge in [-0.3, -0.25) is 0 Å². The number of aromatic carboxylic acids is 1. The van der Waals surface area contributed by atoms with E-state index in [1.807, 2.05) is 0 Å². The summed E-state index contributed by atoms with van der Waals surface area (Å²) in [5.74, 6) is -3.10. The van der Waals surface area contributed by atoms with Crippen molar-refractivity contribution in [1.29, 1.82) is 0 Å². The highest BCUT2D eigenvalue weighted by Crippen LogP contribution is 2.43. The Hall–Kier alpha value is -2.75. The molecule has 5 nitrogen and oxygen atoms in total. The molecule has 1 fully saturated rings. The number of halogens is 4. The van der Waals surface area contributed by atoms with Gasteiger partial charge in [0.1, 0.15) is 5.82 Å². The van der Waals surface area contributed by atoms with Crippen molar-refractivity contribution in [3.8, 4) is 16.3 Å². The van der Waals surface area contributed by atoms with Crippen molar-refractivity contribution in [2.75, 3.05) is 0 Å². The number of benzene rings is 1. The first-order chi connectivity index (χ1) is 14.6. The van der Waals surface area contributed by atoms with Crippen LogP contribution in [0.1, 0.15) is 53.5 Å². The zero-order valence-corrected chi connectivity index (χ0v) is 17.3. The van der Waals surface area contributed by atoms with Crippen LogP contribution < -0.4 is 0 Å². The number of carboxylic acid groups (broad SMARTS) is 1. The minimum atomic E-state index is -4.17. The molecule has 3 aromatic rings. The molecule has 1 aliphatic rings. The second-order valence-corrected chi connectivity index (χ2v) is 8.52. The Morgan fingerprint density at radius 3 is 2.55 bits per heavy atom. The molecule has 0 saturated heterocycles. The van der Waals surface area contributed by atoms with Crippen LogP contribution in [0.4, 0.5) is 17.6 Å². The van der Waals surface area contributed by atoms with Crippen LogP contribution in [0.2, 0.25) is 0 Å². The molecule has 2 heterocycles. The highest BCUT2D eigenvalue weighted by atomic mass is 32.1. The van der Waals surface area contributed by atoms with E-state index in [-0.39, 0.29) is 24.5 Å². The zero-order chi connectivity index (χ0) is 22.3. The summed E-state index contributed by atoms with van der Waals surface area (Å²) in [5.41, 5.74) is 1.62. The Bertz CT molecular complexity index is 1110. The number of hydrogen-bond acceptors (Lipinski definition) is 4. The fourth-order valence-electron chi connectivity index (χ4n) is 4.13. The number of aryl methyl sites for hydroxylation is 1. The Morgan fingerprint density at radius 1 is 1.23 bits per heavy atom. The number of carboxylic acids is 1. The smallest absolute Gasteiger partial charge is 0.391 e. The van der Waals surface area contributed by atoms with Crippen LogP contribution in [0.25, 0.3) is 16.3 Å². The zero-order valence-electron chi connectivity index (χ0n) is 16.5. The summed E-state index contributed by atoms with van der Waals surface area (Å²) in [4.78, 5) is 16.5. The van der Waals surface area contributed by atoms with Gasteiger partial charge >= 0.3 is 12.1 Å². The first-order valence-electron chi connectivity index (χ1n) is 9.76. The van der Waals surface area contributed by atoms with E-state index in [9.17, 15) is 27.5 Å². The van der Waals surface area contributed by atoms with Gasteiger partial charge in [-0.25, -0.2) is 14.2 Å². The van der Waals surface area contributed by atoms with Crippen molar-refractivity contribution in [3.05, 3.63) is 52.5 Å². The molecule has 0 unspecified atom stereocenters. The van der Waals surface area contributed by atoms with E-state index in [0.717, 1.165) is 0 Å². The lowest BCUT2D eigenvalue weighted by Crippen LogP contribution is -2.27. The van der Waals surface area contributed by atoms with Crippen LogP contribution in [0.15, 0.2) is 29.6 Å². The molecule has 1 aliphatic carbocycles. The number of hydrogen-bond donors (Lipinski definition) is 1. The molecule has 1 aromatic carbocycles. The van der Waals surface area contributed by atoms with Crippen molar-refractivity contribution in [2.45, 2.75) is 44.7 Å².